The van der Waals surface area contributed by atoms with E-state index in [-0.39, 0.29) is 0 Å². The molecule has 0 atom stereocenters. The molecule has 1 nitrogen and oxygen atoms in total. The van der Waals surface area contributed by atoms with Crippen LogP contribution in [-0.2, 0) is 0 Å². The van der Waals surface area contributed by atoms with Gasteiger partial charge >= 0.3 is 0 Å². The summed E-state index contributed by atoms with van der Waals surface area (Å²) >= 11 is 0. The largest absolute Gasteiger partial charge is 0.302 e. The van der Waals surface area contributed by atoms with Crippen LogP contribution in [0.5, 0.6) is 0 Å². The van der Waals surface area contributed by atoms with E-state index in [1.54, 1.807) is 0 Å². The van der Waals surface area contributed by atoms with Gasteiger partial charge in [0, 0.05) is 13.1 Å². The minimum absolute atomic E-state index is 0.999. The van der Waals surface area contributed by atoms with Gasteiger partial charge in [0.05, 0.1) is 0 Å². The molecule has 0 aromatic rings. The van der Waals surface area contributed by atoms with Crippen molar-refractivity contribution in [1.29, 1.82) is 0 Å². The van der Waals surface area contributed by atoms with Crippen LogP contribution in [-0.4, -0.2) is 25.0 Å². The number of nitrogens with zero attached hydrogens (tertiary/aromatic N) is 1. The van der Waals surface area contributed by atoms with E-state index in [2.05, 4.69) is 31.2 Å². The Kier molecular flexibility index (Phi) is 2.88. The van der Waals surface area contributed by atoms with Gasteiger partial charge in [0.25, 0.3) is 0 Å². The zero-order valence-corrected chi connectivity index (χ0v) is 8.06. The first kappa shape index (κ1) is 9.27. The number of hydrogen-bond acceptors (Lipinski definition) is 1. The molecular weight excluding hydrogens is 146 g/mol. The molecule has 1 aliphatic rings. The Morgan fingerprint density at radius 2 is 2.25 bits per heavy atom. The minimum Gasteiger partial charge on any atom is -0.302 e. The quantitative estimate of drug-likeness (QED) is 0.573. The zero-order valence-electron chi connectivity index (χ0n) is 8.06. The summed E-state index contributed by atoms with van der Waals surface area (Å²) in [6, 6.07) is 0. The molecular formula is C11H17N. The summed E-state index contributed by atoms with van der Waals surface area (Å²) in [6.45, 7) is 12.1. The molecule has 12 heavy (non-hydrogen) atoms. The highest BCUT2D eigenvalue weighted by Gasteiger charge is 2.12. The van der Waals surface area contributed by atoms with Crippen LogP contribution < -0.4 is 0 Å². The lowest BCUT2D eigenvalue weighted by molar-refractivity contribution is 0.348. The third-order valence-corrected chi connectivity index (χ3v) is 2.10. The molecule has 1 rings (SSSR count). The summed E-state index contributed by atoms with van der Waals surface area (Å²) in [7, 11) is 2.13. The van der Waals surface area contributed by atoms with Gasteiger partial charge < -0.3 is 4.90 Å². The second kappa shape index (κ2) is 3.72. The van der Waals surface area contributed by atoms with Crippen molar-refractivity contribution in [1.82, 2.24) is 4.90 Å². The number of rotatable bonds is 1. The highest BCUT2D eigenvalue weighted by atomic mass is 15.1. The number of allylic oxidation sites excluding steroid dienone is 2. The van der Waals surface area contributed by atoms with Gasteiger partial charge in [0.15, 0.2) is 0 Å². The van der Waals surface area contributed by atoms with Crippen LogP contribution in [0.4, 0.5) is 0 Å². The maximum atomic E-state index is 4.05. The Labute approximate surface area is 75.1 Å². The highest BCUT2D eigenvalue weighted by Crippen LogP contribution is 2.20. The SMILES string of the molecule is C=C(C)/C=C1/CCN(C)CC1=C. The first-order valence-electron chi connectivity index (χ1n) is 4.32. The van der Waals surface area contributed by atoms with Gasteiger partial charge in [-0.1, -0.05) is 24.8 Å². The van der Waals surface area contributed by atoms with E-state index in [0.717, 1.165) is 25.1 Å². The average molecular weight is 163 g/mol. The van der Waals surface area contributed by atoms with E-state index in [0.29, 0.717) is 0 Å². The van der Waals surface area contributed by atoms with Gasteiger partial charge in [-0.15, -0.1) is 0 Å². The van der Waals surface area contributed by atoms with E-state index in [4.69, 9.17) is 0 Å². The highest BCUT2D eigenvalue weighted by molar-refractivity contribution is 5.36. The van der Waals surface area contributed by atoms with Crippen molar-refractivity contribution in [2.75, 3.05) is 20.1 Å². The fourth-order valence-corrected chi connectivity index (χ4v) is 1.47. The Balaban J connectivity index is 2.69. The molecule has 0 aliphatic carbocycles. The molecule has 0 amide bonds. The zero-order chi connectivity index (χ0) is 9.14. The smallest absolute Gasteiger partial charge is 0.0227 e. The van der Waals surface area contributed by atoms with Gasteiger partial charge in [-0.3, -0.25) is 0 Å². The molecule has 1 heterocycles. The fraction of sp³-hybridized carbons (Fsp3) is 0.455. The summed E-state index contributed by atoms with van der Waals surface area (Å²) in [5.41, 5.74) is 3.74. The predicted octanol–water partition coefficient (Wildman–Crippen LogP) is 2.38. The summed E-state index contributed by atoms with van der Waals surface area (Å²) in [5.74, 6) is 0. The van der Waals surface area contributed by atoms with E-state index in [1.807, 2.05) is 6.92 Å². The van der Waals surface area contributed by atoms with E-state index >= 15 is 0 Å². The second-order valence-electron chi connectivity index (χ2n) is 3.61. The number of piperidine rings is 1. The molecule has 0 unspecified atom stereocenters. The standard InChI is InChI=1S/C11H17N/c1-9(2)7-11-5-6-12(4)8-10(11)3/h7H,1,3,5-6,8H2,2,4H3/b11-7-. The fourth-order valence-electron chi connectivity index (χ4n) is 1.47. The molecule has 1 saturated heterocycles. The third kappa shape index (κ3) is 2.35. The summed E-state index contributed by atoms with van der Waals surface area (Å²) in [4.78, 5) is 2.29. The van der Waals surface area contributed by atoms with Crippen molar-refractivity contribution in [3.63, 3.8) is 0 Å². The van der Waals surface area contributed by atoms with Crippen molar-refractivity contribution in [2.24, 2.45) is 0 Å². The van der Waals surface area contributed by atoms with Gasteiger partial charge in [0.1, 0.15) is 0 Å². The number of likely N-dealkylation sites (tertiary alicyclic amines) is 1. The van der Waals surface area contributed by atoms with Crippen molar-refractivity contribution >= 4 is 0 Å². The first-order valence-corrected chi connectivity index (χ1v) is 4.32. The Bertz CT molecular complexity index is 235. The molecule has 0 aromatic heterocycles. The average Bonchev–Trinajstić information content (AvgIpc) is 1.94. The van der Waals surface area contributed by atoms with E-state index in [9.17, 15) is 0 Å². The molecule has 1 fully saturated rings. The molecule has 0 spiro atoms. The van der Waals surface area contributed by atoms with E-state index < -0.39 is 0 Å². The van der Waals surface area contributed by atoms with Crippen molar-refractivity contribution in [3.05, 3.63) is 36.0 Å². The second-order valence-corrected chi connectivity index (χ2v) is 3.61. The maximum absolute atomic E-state index is 4.05. The normalized spacial score (nSPS) is 23.2. The molecule has 0 bridgehead atoms. The van der Waals surface area contributed by atoms with Crippen LogP contribution in [0.25, 0.3) is 0 Å². The topological polar surface area (TPSA) is 3.24 Å². The Morgan fingerprint density at radius 3 is 2.75 bits per heavy atom. The van der Waals surface area contributed by atoms with Crippen molar-refractivity contribution in [3.8, 4) is 0 Å². The number of likely N-dealkylation sites (N-methyl/N-ethyl adjacent to an activating group) is 1. The molecule has 1 heteroatoms. The van der Waals surface area contributed by atoms with Gasteiger partial charge in [-0.25, -0.2) is 0 Å². The van der Waals surface area contributed by atoms with Gasteiger partial charge in [-0.2, -0.15) is 0 Å². The lowest BCUT2D eigenvalue weighted by Gasteiger charge is -2.26. The third-order valence-electron chi connectivity index (χ3n) is 2.10. The molecule has 0 radical (unpaired) electrons. The molecule has 0 N–H and O–H groups in total. The van der Waals surface area contributed by atoms with Crippen LogP contribution >= 0.6 is 0 Å². The lowest BCUT2D eigenvalue weighted by Crippen LogP contribution is -2.28. The van der Waals surface area contributed by atoms with Crippen LogP contribution in [0.15, 0.2) is 36.0 Å². The van der Waals surface area contributed by atoms with Gasteiger partial charge in [-0.05, 0) is 31.5 Å². The Morgan fingerprint density at radius 1 is 1.58 bits per heavy atom. The Hall–Kier alpha value is -0.820. The molecule has 66 valence electrons. The summed E-state index contributed by atoms with van der Waals surface area (Å²) in [5, 5.41) is 0. The summed E-state index contributed by atoms with van der Waals surface area (Å²) < 4.78 is 0. The number of hydrogen-bond donors (Lipinski definition) is 0. The predicted molar refractivity (Wildman–Crippen MR) is 54.2 cm³/mol. The molecule has 0 saturated carbocycles. The molecule has 1 aliphatic heterocycles. The lowest BCUT2D eigenvalue weighted by atomic mass is 9.98. The minimum atomic E-state index is 0.999. The van der Waals surface area contributed by atoms with Crippen LogP contribution in [0, 0.1) is 0 Å². The van der Waals surface area contributed by atoms with Crippen LogP contribution in [0.1, 0.15) is 13.3 Å². The first-order chi connectivity index (χ1) is 5.59. The van der Waals surface area contributed by atoms with Crippen molar-refractivity contribution in [2.45, 2.75) is 13.3 Å². The van der Waals surface area contributed by atoms with Gasteiger partial charge in [0.2, 0.25) is 0 Å². The van der Waals surface area contributed by atoms with E-state index in [1.165, 1.54) is 11.1 Å². The maximum Gasteiger partial charge on any atom is 0.0227 e. The van der Waals surface area contributed by atoms with Crippen LogP contribution in [0.3, 0.4) is 0 Å². The van der Waals surface area contributed by atoms with Crippen molar-refractivity contribution < 1.29 is 0 Å². The molecule has 0 aromatic carbocycles. The van der Waals surface area contributed by atoms with Crippen LogP contribution in [0.2, 0.25) is 0 Å². The summed E-state index contributed by atoms with van der Waals surface area (Å²) in [6.07, 6.45) is 3.26. The monoisotopic (exact) mass is 163 g/mol.